The van der Waals surface area contributed by atoms with Crippen LogP contribution in [-0.4, -0.2) is 28.5 Å². The Morgan fingerprint density at radius 1 is 1.26 bits per heavy atom. The van der Waals surface area contributed by atoms with Crippen LogP contribution >= 0.6 is 11.3 Å². The maximum absolute atomic E-state index is 12.8. The summed E-state index contributed by atoms with van der Waals surface area (Å²) in [5.41, 5.74) is 4.50. The molecule has 3 aromatic rings. The van der Waals surface area contributed by atoms with Gasteiger partial charge in [-0.25, -0.2) is 9.78 Å². The quantitative estimate of drug-likeness (QED) is 0.786. The molecule has 1 amide bonds. The fourth-order valence-corrected chi connectivity index (χ4v) is 3.64. The van der Waals surface area contributed by atoms with Crippen molar-refractivity contribution in [3.05, 3.63) is 58.6 Å². The van der Waals surface area contributed by atoms with Gasteiger partial charge in [-0.05, 0) is 30.2 Å². The number of benzene rings is 2. The summed E-state index contributed by atoms with van der Waals surface area (Å²) in [5, 5.41) is 9.51. The number of thiazole rings is 1. The first-order valence-electron chi connectivity index (χ1n) is 7.15. The highest BCUT2D eigenvalue weighted by molar-refractivity contribution is 7.16. The Balaban J connectivity index is 1.87. The van der Waals surface area contributed by atoms with Crippen molar-refractivity contribution in [2.75, 3.05) is 11.4 Å². The predicted molar refractivity (Wildman–Crippen MR) is 88.4 cm³/mol. The van der Waals surface area contributed by atoms with Crippen molar-refractivity contribution in [2.45, 2.75) is 6.42 Å². The topological polar surface area (TPSA) is 70.5 Å². The van der Waals surface area contributed by atoms with Crippen LogP contribution in [0.5, 0.6) is 0 Å². The summed E-state index contributed by atoms with van der Waals surface area (Å²) in [6, 6.07) is 10.8. The fraction of sp³-hybridized carbons (Fsp3) is 0.118. The van der Waals surface area contributed by atoms with E-state index < -0.39 is 5.97 Å². The molecule has 0 aliphatic carbocycles. The third-order valence-electron chi connectivity index (χ3n) is 4.07. The Bertz CT molecular complexity index is 948. The Morgan fingerprint density at radius 2 is 2.09 bits per heavy atom. The fourth-order valence-electron chi connectivity index (χ4n) is 2.94. The largest absolute Gasteiger partial charge is 0.478 e. The molecule has 0 saturated carbocycles. The zero-order chi connectivity index (χ0) is 16.0. The van der Waals surface area contributed by atoms with Gasteiger partial charge in [0.15, 0.2) is 0 Å². The SMILES string of the molecule is O=C(O)c1cc2ncsc2cc1N1CCc2ccccc2C1=O. The van der Waals surface area contributed by atoms with Crippen LogP contribution in [0.1, 0.15) is 26.3 Å². The second kappa shape index (κ2) is 5.17. The van der Waals surface area contributed by atoms with Crippen molar-refractivity contribution < 1.29 is 14.7 Å². The first-order chi connectivity index (χ1) is 11.1. The molecule has 1 aliphatic rings. The number of carbonyl (C=O) groups excluding carboxylic acids is 1. The van der Waals surface area contributed by atoms with Gasteiger partial charge >= 0.3 is 5.97 Å². The summed E-state index contributed by atoms with van der Waals surface area (Å²) < 4.78 is 0.872. The molecular formula is C17H12N2O3S. The molecule has 2 heterocycles. The number of carboxylic acids is 1. The monoisotopic (exact) mass is 324 g/mol. The van der Waals surface area contributed by atoms with Crippen molar-refractivity contribution in [1.82, 2.24) is 4.98 Å². The van der Waals surface area contributed by atoms with Gasteiger partial charge in [-0.15, -0.1) is 11.3 Å². The van der Waals surface area contributed by atoms with Crippen LogP contribution in [0, 0.1) is 0 Å². The first-order valence-corrected chi connectivity index (χ1v) is 8.03. The summed E-state index contributed by atoms with van der Waals surface area (Å²) >= 11 is 1.43. The normalized spacial score (nSPS) is 14.1. The zero-order valence-corrected chi connectivity index (χ0v) is 12.8. The minimum absolute atomic E-state index is 0.108. The lowest BCUT2D eigenvalue weighted by Crippen LogP contribution is -2.38. The van der Waals surface area contributed by atoms with Crippen molar-refractivity contribution in [2.24, 2.45) is 0 Å². The van der Waals surface area contributed by atoms with E-state index in [9.17, 15) is 14.7 Å². The highest BCUT2D eigenvalue weighted by Crippen LogP contribution is 2.32. The molecule has 1 aromatic heterocycles. The summed E-state index contributed by atoms with van der Waals surface area (Å²) in [7, 11) is 0. The van der Waals surface area contributed by atoms with E-state index in [2.05, 4.69) is 4.98 Å². The summed E-state index contributed by atoms with van der Waals surface area (Å²) in [5.74, 6) is -1.21. The van der Waals surface area contributed by atoms with E-state index in [4.69, 9.17) is 0 Å². The number of aromatic nitrogens is 1. The van der Waals surface area contributed by atoms with E-state index in [1.165, 1.54) is 17.4 Å². The molecule has 0 spiro atoms. The van der Waals surface area contributed by atoms with E-state index in [0.717, 1.165) is 10.3 Å². The van der Waals surface area contributed by atoms with E-state index in [1.54, 1.807) is 22.5 Å². The van der Waals surface area contributed by atoms with Gasteiger partial charge in [0.1, 0.15) is 0 Å². The van der Waals surface area contributed by atoms with Crippen molar-refractivity contribution >= 4 is 39.1 Å². The van der Waals surface area contributed by atoms with Gasteiger partial charge in [0.05, 0.1) is 27.0 Å². The number of amides is 1. The molecule has 6 heteroatoms. The van der Waals surface area contributed by atoms with Crippen LogP contribution in [0.3, 0.4) is 0 Å². The second-order valence-electron chi connectivity index (χ2n) is 5.36. The smallest absolute Gasteiger partial charge is 0.337 e. The molecule has 0 atom stereocenters. The lowest BCUT2D eigenvalue weighted by Gasteiger charge is -2.29. The van der Waals surface area contributed by atoms with Crippen LogP contribution in [-0.2, 0) is 6.42 Å². The van der Waals surface area contributed by atoms with Gasteiger partial charge in [-0.1, -0.05) is 18.2 Å². The number of anilines is 1. The maximum Gasteiger partial charge on any atom is 0.337 e. The van der Waals surface area contributed by atoms with Crippen LogP contribution in [0.2, 0.25) is 0 Å². The minimum atomic E-state index is -1.05. The molecule has 2 aromatic carbocycles. The van der Waals surface area contributed by atoms with Crippen LogP contribution in [0.4, 0.5) is 5.69 Å². The number of nitrogens with zero attached hydrogens (tertiary/aromatic N) is 2. The highest BCUT2D eigenvalue weighted by atomic mass is 32.1. The first kappa shape index (κ1) is 13.9. The maximum atomic E-state index is 12.8. The number of hydrogen-bond donors (Lipinski definition) is 1. The van der Waals surface area contributed by atoms with Crippen molar-refractivity contribution in [3.63, 3.8) is 0 Å². The Hall–Kier alpha value is -2.73. The summed E-state index contributed by atoms with van der Waals surface area (Å²) in [6.07, 6.45) is 0.710. The molecule has 0 fully saturated rings. The molecule has 0 unspecified atom stereocenters. The van der Waals surface area contributed by atoms with E-state index in [1.807, 2.05) is 18.2 Å². The average Bonchev–Trinajstić information content (AvgIpc) is 3.01. The summed E-state index contributed by atoms with van der Waals surface area (Å²) in [6.45, 7) is 0.473. The Labute approximate surface area is 135 Å². The van der Waals surface area contributed by atoms with E-state index >= 15 is 0 Å². The second-order valence-corrected chi connectivity index (χ2v) is 6.24. The Morgan fingerprint density at radius 3 is 2.91 bits per heavy atom. The molecule has 0 radical (unpaired) electrons. The molecule has 23 heavy (non-hydrogen) atoms. The average molecular weight is 324 g/mol. The number of aromatic carboxylic acids is 1. The standard InChI is InChI=1S/C17H12N2O3S/c20-16-11-4-2-1-3-10(11)5-6-19(16)14-8-15-13(18-9-23-15)7-12(14)17(21)22/h1-4,7-9H,5-6H2,(H,21,22). The van der Waals surface area contributed by atoms with Crippen LogP contribution in [0.25, 0.3) is 10.2 Å². The molecular weight excluding hydrogens is 312 g/mol. The number of carboxylic acid groups (broad SMARTS) is 1. The zero-order valence-electron chi connectivity index (χ0n) is 12.0. The molecule has 5 nitrogen and oxygen atoms in total. The summed E-state index contributed by atoms with van der Waals surface area (Å²) in [4.78, 5) is 30.1. The molecule has 4 rings (SSSR count). The number of rotatable bonds is 2. The molecule has 1 aliphatic heterocycles. The minimum Gasteiger partial charge on any atom is -0.478 e. The number of carbonyl (C=O) groups is 2. The van der Waals surface area contributed by atoms with Gasteiger partial charge in [0.2, 0.25) is 0 Å². The highest BCUT2D eigenvalue weighted by Gasteiger charge is 2.28. The van der Waals surface area contributed by atoms with Gasteiger partial charge in [0, 0.05) is 12.1 Å². The van der Waals surface area contributed by atoms with Crippen molar-refractivity contribution in [3.8, 4) is 0 Å². The number of hydrogen-bond acceptors (Lipinski definition) is 4. The van der Waals surface area contributed by atoms with Gasteiger partial charge in [0.25, 0.3) is 5.91 Å². The van der Waals surface area contributed by atoms with Crippen molar-refractivity contribution in [1.29, 1.82) is 0 Å². The van der Waals surface area contributed by atoms with Gasteiger partial charge in [-0.3, -0.25) is 4.79 Å². The Kier molecular flexibility index (Phi) is 3.12. The lowest BCUT2D eigenvalue weighted by atomic mass is 9.98. The molecule has 0 saturated heterocycles. The van der Waals surface area contributed by atoms with Gasteiger partial charge < -0.3 is 10.0 Å². The molecule has 1 N–H and O–H groups in total. The van der Waals surface area contributed by atoms with E-state index in [-0.39, 0.29) is 11.5 Å². The van der Waals surface area contributed by atoms with Crippen LogP contribution < -0.4 is 4.90 Å². The third kappa shape index (κ3) is 2.19. The molecule has 0 bridgehead atoms. The third-order valence-corrected chi connectivity index (χ3v) is 4.86. The van der Waals surface area contributed by atoms with E-state index in [0.29, 0.717) is 29.7 Å². The predicted octanol–water partition coefficient (Wildman–Crippen LogP) is 3.20. The lowest BCUT2D eigenvalue weighted by molar-refractivity contribution is 0.0698. The van der Waals surface area contributed by atoms with Crippen LogP contribution in [0.15, 0.2) is 41.9 Å². The molecule has 114 valence electrons. The number of fused-ring (bicyclic) bond motifs is 2. The van der Waals surface area contributed by atoms with Gasteiger partial charge in [-0.2, -0.15) is 0 Å².